The Bertz CT molecular complexity index is 618. The molecule has 0 bridgehead atoms. The minimum Gasteiger partial charge on any atom is -0.341 e. The molecule has 0 fully saturated rings. The highest BCUT2D eigenvalue weighted by molar-refractivity contribution is 8.13. The lowest BCUT2D eigenvalue weighted by Gasteiger charge is -2.26. The number of nitrogens with zero attached hydrogens (tertiary/aromatic N) is 1. The Balaban J connectivity index is 3.13. The van der Waals surface area contributed by atoms with Gasteiger partial charge in [0.2, 0.25) is 0 Å². The van der Waals surface area contributed by atoms with Gasteiger partial charge in [-0.25, -0.2) is 8.42 Å². The minimum absolute atomic E-state index is 0.0193. The van der Waals surface area contributed by atoms with E-state index in [-0.39, 0.29) is 16.2 Å². The van der Waals surface area contributed by atoms with Crippen LogP contribution >= 0.6 is 10.7 Å². The summed E-state index contributed by atoms with van der Waals surface area (Å²) in [5, 5.41) is 0. The van der Waals surface area contributed by atoms with Crippen molar-refractivity contribution in [1.82, 2.24) is 4.90 Å². The Kier molecular flexibility index (Phi) is 4.87. The van der Waals surface area contributed by atoms with E-state index < -0.39 is 9.05 Å². The summed E-state index contributed by atoms with van der Waals surface area (Å²) in [6.07, 6.45) is 0. The standard InChI is InChI=1S/C14H20ClNO3S/c1-10-6-7-11(8-12(10)20(15,18)19)13(17)16(5)9-14(2,3)4/h6-8H,9H2,1-5H3. The molecule has 1 amide bonds. The maximum absolute atomic E-state index is 12.3. The van der Waals surface area contributed by atoms with Crippen LogP contribution in [0.5, 0.6) is 0 Å². The zero-order valence-corrected chi connectivity index (χ0v) is 14.0. The van der Waals surface area contributed by atoms with Crippen molar-refractivity contribution in [1.29, 1.82) is 0 Å². The van der Waals surface area contributed by atoms with Crippen LogP contribution in [0.25, 0.3) is 0 Å². The summed E-state index contributed by atoms with van der Waals surface area (Å²) in [6, 6.07) is 4.54. The largest absolute Gasteiger partial charge is 0.341 e. The molecule has 1 aromatic carbocycles. The monoisotopic (exact) mass is 317 g/mol. The van der Waals surface area contributed by atoms with E-state index in [9.17, 15) is 13.2 Å². The van der Waals surface area contributed by atoms with Crippen molar-refractivity contribution in [3.8, 4) is 0 Å². The molecule has 0 aromatic heterocycles. The molecule has 0 aliphatic rings. The molecule has 0 aliphatic carbocycles. The van der Waals surface area contributed by atoms with Crippen molar-refractivity contribution < 1.29 is 13.2 Å². The average molecular weight is 318 g/mol. The molecule has 1 rings (SSSR count). The molecule has 20 heavy (non-hydrogen) atoms. The van der Waals surface area contributed by atoms with Crippen molar-refractivity contribution in [2.75, 3.05) is 13.6 Å². The first-order chi connectivity index (χ1) is 8.92. The summed E-state index contributed by atoms with van der Waals surface area (Å²) in [6.45, 7) is 8.30. The highest BCUT2D eigenvalue weighted by Gasteiger charge is 2.21. The zero-order valence-electron chi connectivity index (χ0n) is 12.4. The van der Waals surface area contributed by atoms with E-state index in [1.54, 1.807) is 31.0 Å². The van der Waals surface area contributed by atoms with Crippen LogP contribution in [0.1, 0.15) is 36.7 Å². The van der Waals surface area contributed by atoms with Crippen LogP contribution in [0.15, 0.2) is 23.1 Å². The van der Waals surface area contributed by atoms with E-state index in [4.69, 9.17) is 10.7 Å². The van der Waals surface area contributed by atoms with Crippen LogP contribution in [-0.4, -0.2) is 32.8 Å². The normalized spacial score (nSPS) is 12.3. The van der Waals surface area contributed by atoms with Gasteiger partial charge >= 0.3 is 0 Å². The van der Waals surface area contributed by atoms with Crippen LogP contribution in [0, 0.1) is 12.3 Å². The van der Waals surface area contributed by atoms with Gasteiger partial charge in [0, 0.05) is 29.8 Å². The summed E-state index contributed by atoms with van der Waals surface area (Å²) in [7, 11) is 3.22. The van der Waals surface area contributed by atoms with Gasteiger partial charge in [-0.15, -0.1) is 0 Å². The van der Waals surface area contributed by atoms with Gasteiger partial charge in [0.05, 0.1) is 4.90 Å². The van der Waals surface area contributed by atoms with Crippen molar-refractivity contribution in [2.45, 2.75) is 32.6 Å². The molecular formula is C14H20ClNO3S. The first-order valence-corrected chi connectivity index (χ1v) is 8.53. The Hall–Kier alpha value is -1.07. The third-order valence-electron chi connectivity index (χ3n) is 2.76. The van der Waals surface area contributed by atoms with Crippen molar-refractivity contribution >= 4 is 25.6 Å². The lowest BCUT2D eigenvalue weighted by molar-refractivity contribution is 0.0745. The number of halogens is 1. The maximum atomic E-state index is 12.3. The Morgan fingerprint density at radius 3 is 2.30 bits per heavy atom. The molecule has 112 valence electrons. The Labute approximate surface area is 125 Å². The molecule has 0 aliphatic heterocycles. The van der Waals surface area contributed by atoms with E-state index in [0.29, 0.717) is 17.7 Å². The highest BCUT2D eigenvalue weighted by atomic mass is 35.7. The average Bonchev–Trinajstić information content (AvgIpc) is 2.24. The maximum Gasteiger partial charge on any atom is 0.261 e. The fourth-order valence-electron chi connectivity index (χ4n) is 2.00. The lowest BCUT2D eigenvalue weighted by Crippen LogP contribution is -2.34. The number of amides is 1. The van der Waals surface area contributed by atoms with Gasteiger partial charge in [-0.05, 0) is 30.0 Å². The quantitative estimate of drug-likeness (QED) is 0.805. The Morgan fingerprint density at radius 2 is 1.85 bits per heavy atom. The highest BCUT2D eigenvalue weighted by Crippen LogP contribution is 2.22. The molecule has 6 heteroatoms. The number of hydrogen-bond donors (Lipinski definition) is 0. The predicted molar refractivity (Wildman–Crippen MR) is 80.6 cm³/mol. The van der Waals surface area contributed by atoms with Crippen molar-refractivity contribution in [2.24, 2.45) is 5.41 Å². The second kappa shape index (κ2) is 5.74. The number of benzene rings is 1. The summed E-state index contributed by atoms with van der Waals surface area (Å²) < 4.78 is 22.9. The third-order valence-corrected chi connectivity index (χ3v) is 4.22. The number of carbonyl (C=O) groups is 1. The molecular weight excluding hydrogens is 298 g/mol. The number of rotatable bonds is 3. The summed E-state index contributed by atoms with van der Waals surface area (Å²) in [4.78, 5) is 13.9. The van der Waals surface area contributed by atoms with Gasteiger partial charge in [0.15, 0.2) is 0 Å². The molecule has 0 N–H and O–H groups in total. The minimum atomic E-state index is -3.85. The van der Waals surface area contributed by atoms with Gasteiger partial charge in [-0.1, -0.05) is 26.8 Å². The predicted octanol–water partition coefficient (Wildman–Crippen LogP) is 3.04. The van der Waals surface area contributed by atoms with Crippen molar-refractivity contribution in [3.05, 3.63) is 29.3 Å². The second-order valence-corrected chi connectivity index (χ2v) is 8.67. The Morgan fingerprint density at radius 1 is 1.30 bits per heavy atom. The summed E-state index contributed by atoms with van der Waals surface area (Å²) in [5.41, 5.74) is 0.813. The van der Waals surface area contributed by atoms with E-state index in [2.05, 4.69) is 0 Å². The van der Waals surface area contributed by atoms with Crippen LogP contribution < -0.4 is 0 Å². The smallest absolute Gasteiger partial charge is 0.261 e. The van der Waals surface area contributed by atoms with E-state index >= 15 is 0 Å². The lowest BCUT2D eigenvalue weighted by atomic mass is 9.96. The van der Waals surface area contributed by atoms with Crippen molar-refractivity contribution in [3.63, 3.8) is 0 Å². The fourth-order valence-corrected chi connectivity index (χ4v) is 3.22. The van der Waals surface area contributed by atoms with Gasteiger partial charge in [0.25, 0.3) is 15.0 Å². The molecule has 0 saturated carbocycles. The van der Waals surface area contributed by atoms with E-state index in [1.165, 1.54) is 6.07 Å². The molecule has 0 radical (unpaired) electrons. The molecule has 0 atom stereocenters. The summed E-state index contributed by atoms with van der Waals surface area (Å²) in [5.74, 6) is -0.221. The van der Waals surface area contributed by atoms with Gasteiger partial charge in [-0.3, -0.25) is 4.79 Å². The molecule has 1 aromatic rings. The van der Waals surface area contributed by atoms with Gasteiger partial charge in [-0.2, -0.15) is 0 Å². The number of carbonyl (C=O) groups excluding carboxylic acids is 1. The topological polar surface area (TPSA) is 54.5 Å². The number of aryl methyl sites for hydroxylation is 1. The first kappa shape index (κ1) is 17.0. The van der Waals surface area contributed by atoms with Crippen LogP contribution in [0.4, 0.5) is 0 Å². The van der Waals surface area contributed by atoms with E-state index in [0.717, 1.165) is 0 Å². The van der Waals surface area contributed by atoms with Gasteiger partial charge in [0.1, 0.15) is 0 Å². The molecule has 0 spiro atoms. The second-order valence-electron chi connectivity index (χ2n) is 6.14. The molecule has 0 heterocycles. The number of hydrogen-bond acceptors (Lipinski definition) is 3. The zero-order chi connectivity index (χ0) is 15.7. The molecule has 0 saturated heterocycles. The first-order valence-electron chi connectivity index (χ1n) is 6.22. The summed E-state index contributed by atoms with van der Waals surface area (Å²) >= 11 is 0. The SMILES string of the molecule is Cc1ccc(C(=O)N(C)CC(C)(C)C)cc1S(=O)(=O)Cl. The van der Waals surface area contributed by atoms with Crippen LogP contribution in [-0.2, 0) is 9.05 Å². The van der Waals surface area contributed by atoms with Crippen LogP contribution in [0.3, 0.4) is 0 Å². The molecule has 4 nitrogen and oxygen atoms in total. The third kappa shape index (κ3) is 4.49. The molecule has 0 unspecified atom stereocenters. The van der Waals surface area contributed by atoms with Crippen LogP contribution in [0.2, 0.25) is 0 Å². The fraction of sp³-hybridized carbons (Fsp3) is 0.500. The van der Waals surface area contributed by atoms with E-state index in [1.807, 2.05) is 20.8 Å². The van der Waals surface area contributed by atoms with Gasteiger partial charge < -0.3 is 4.90 Å².